The molecule has 1 aromatic rings. The van der Waals surface area contributed by atoms with Crippen LogP contribution in [0.5, 0.6) is 5.75 Å². The van der Waals surface area contributed by atoms with Crippen molar-refractivity contribution < 1.29 is 5.11 Å². The summed E-state index contributed by atoms with van der Waals surface area (Å²) in [4.78, 5) is 0. The van der Waals surface area contributed by atoms with Gasteiger partial charge in [0, 0.05) is 0 Å². The fraction of sp³-hybridized carbons (Fsp3) is 0.143. The third-order valence-corrected chi connectivity index (χ3v) is 0.756. The Morgan fingerprint density at radius 2 is 1.56 bits per heavy atom. The first kappa shape index (κ1) is 9.28. The van der Waals surface area contributed by atoms with E-state index in [0.717, 1.165) is 0 Å². The Bertz CT molecular complexity index is 139. The first-order valence-electron chi connectivity index (χ1n) is 2.84. The molecule has 1 rings (SSSR count). The van der Waals surface area contributed by atoms with E-state index in [4.69, 9.17) is 5.11 Å². The molecule has 0 saturated carbocycles. The summed E-state index contributed by atoms with van der Waals surface area (Å²) in [5.41, 5.74) is 0. The Balaban J connectivity index is 0.000000291. The third kappa shape index (κ3) is 4.76. The molecule has 7 radical (unpaired) electrons. The molecule has 0 aromatic heterocycles. The van der Waals surface area contributed by atoms with E-state index in [1.165, 1.54) is 35.8 Å². The Labute approximate surface area is 79.4 Å². The van der Waals surface area contributed by atoms with Crippen molar-refractivity contribution in [3.05, 3.63) is 30.3 Å². The van der Waals surface area contributed by atoms with Gasteiger partial charge in [0.05, 0.1) is 0 Å². The van der Waals surface area contributed by atoms with E-state index < -0.39 is 0 Å². The van der Waals surface area contributed by atoms with Gasteiger partial charge in [-0.2, -0.15) is 0 Å². The van der Waals surface area contributed by atoms with Gasteiger partial charge >= 0.3 is 38.8 Å². The molecule has 1 N–H and O–H groups in total. The third-order valence-electron chi connectivity index (χ3n) is 0.756. The molecule has 9 heavy (non-hydrogen) atoms. The van der Waals surface area contributed by atoms with Gasteiger partial charge in [0.2, 0.25) is 0 Å². The van der Waals surface area contributed by atoms with Crippen molar-refractivity contribution in [1.29, 1.82) is 0 Å². The van der Waals surface area contributed by atoms with Crippen molar-refractivity contribution in [2.24, 2.45) is 0 Å². The van der Waals surface area contributed by atoms with Gasteiger partial charge in [-0.05, 0) is 12.1 Å². The monoisotopic (exact) mass is 149 g/mol. The summed E-state index contributed by atoms with van der Waals surface area (Å²) in [6.07, 6.45) is 0. The van der Waals surface area contributed by atoms with Gasteiger partial charge in [-0.3, -0.25) is 0 Å². The van der Waals surface area contributed by atoms with Gasteiger partial charge in [-0.15, -0.1) is 0 Å². The van der Waals surface area contributed by atoms with Crippen LogP contribution < -0.4 is 0 Å². The Morgan fingerprint density at radius 3 is 1.78 bits per heavy atom. The number of phenols is 1. The molecule has 0 unspecified atom stereocenters. The van der Waals surface area contributed by atoms with E-state index in [1.807, 2.05) is 6.07 Å². The molecule has 0 bridgehead atoms. The molecule has 0 aliphatic heterocycles. The van der Waals surface area contributed by atoms with Crippen LogP contribution >= 0.6 is 0 Å². The summed E-state index contributed by atoms with van der Waals surface area (Å²) < 4.78 is 2.12. The van der Waals surface area contributed by atoms with E-state index in [-0.39, 0.29) is 0 Å². The van der Waals surface area contributed by atoms with E-state index in [0.29, 0.717) is 5.75 Å². The fourth-order valence-electron chi connectivity index (χ4n) is 0.428. The quantitative estimate of drug-likeness (QED) is 0.555. The van der Waals surface area contributed by atoms with Crippen LogP contribution in [0.4, 0.5) is 0 Å². The van der Waals surface area contributed by atoms with Crippen LogP contribution in [0.1, 0.15) is 0 Å². The summed E-state index contributed by atoms with van der Waals surface area (Å²) >= 11 is 1.38. The van der Waals surface area contributed by atoms with Gasteiger partial charge in [-0.25, -0.2) is 0 Å². The molecule has 0 amide bonds. The number of aromatic hydroxyl groups is 1. The zero-order valence-corrected chi connectivity index (χ0v) is 7.75. The van der Waals surface area contributed by atoms with Crippen LogP contribution in [0.2, 0.25) is 3.02 Å². The molecule has 0 saturated heterocycles. The van der Waals surface area contributed by atoms with Crippen LogP contribution in [0.25, 0.3) is 0 Å². The number of rotatable bonds is 0. The van der Waals surface area contributed by atoms with E-state index in [9.17, 15) is 0 Å². The van der Waals surface area contributed by atoms with Crippen molar-refractivity contribution in [2.45, 2.75) is 3.02 Å². The first-order valence-corrected chi connectivity index (χ1v) is 5.05. The molecule has 0 heterocycles. The van der Waals surface area contributed by atoms with E-state index in [1.54, 1.807) is 24.3 Å². The average molecular weight is 149 g/mol. The maximum atomic E-state index is 8.63. The van der Waals surface area contributed by atoms with Gasteiger partial charge in [-0.1, -0.05) is 18.2 Å². The molecule has 0 aliphatic rings. The van der Waals surface area contributed by atoms with Crippen molar-refractivity contribution >= 4 is 35.8 Å². The Morgan fingerprint density at radius 1 is 1.11 bits per heavy atom. The van der Waals surface area contributed by atoms with E-state index >= 15 is 0 Å². The molecular weight excluding hydrogens is 140 g/mol. The summed E-state index contributed by atoms with van der Waals surface area (Å²) in [6.45, 7) is 0. The van der Waals surface area contributed by atoms with Crippen molar-refractivity contribution in [3.8, 4) is 5.75 Å². The van der Waals surface area contributed by atoms with Crippen molar-refractivity contribution in [1.82, 2.24) is 0 Å². The number of phenolic OH excluding ortho intramolecular Hbond substituents is 1. The van der Waals surface area contributed by atoms with Crippen LogP contribution in [0.15, 0.2) is 30.3 Å². The molecule has 0 atom stereocenters. The zero-order chi connectivity index (χ0) is 7.11. The van der Waals surface area contributed by atoms with Crippen LogP contribution in [0, 0.1) is 0 Å². The Kier molecular flexibility index (Phi) is 6.60. The average Bonchev–Trinajstić information content (AvgIpc) is 1.94. The number of para-hydroxylation sites is 1. The summed E-state index contributed by atoms with van der Waals surface area (Å²) in [5, 5.41) is 8.63. The zero-order valence-electron chi connectivity index (χ0n) is 5.54. The van der Waals surface area contributed by atoms with Crippen molar-refractivity contribution in [2.75, 3.05) is 0 Å². The van der Waals surface area contributed by atoms with Crippen LogP contribution in [0.3, 0.4) is 0 Å². The standard InChI is InChI=1S/C6H6O.CH3.Ca/c7-6-4-2-1-3-5-6;;/h1-5,7H;1H3;/q;;+2. The number of benzene rings is 1. The van der Waals surface area contributed by atoms with Gasteiger partial charge in [0.15, 0.2) is 0 Å². The first-order chi connectivity index (χ1) is 4.39. The molecule has 0 spiro atoms. The van der Waals surface area contributed by atoms with Crippen LogP contribution in [-0.2, 0) is 0 Å². The van der Waals surface area contributed by atoms with Gasteiger partial charge in [0.25, 0.3) is 0 Å². The number of hydrogen-bond acceptors (Lipinski definition) is 1. The summed E-state index contributed by atoms with van der Waals surface area (Å²) in [5.74, 6) is 0.322. The molecule has 2 heteroatoms. The second-order valence-electron chi connectivity index (χ2n) is 1.34. The maximum absolute atomic E-state index is 8.63. The molecule has 0 fully saturated rings. The topological polar surface area (TPSA) is 20.2 Å². The summed E-state index contributed by atoms with van der Waals surface area (Å²) in [6, 6.07) is 8.71. The minimum absolute atomic E-state index is 0.322. The molecular formula is C7H9CaO+2. The van der Waals surface area contributed by atoms with E-state index in [2.05, 4.69) is 3.02 Å². The second kappa shape index (κ2) is 6.40. The molecule has 1 nitrogen and oxygen atoms in total. The predicted octanol–water partition coefficient (Wildman–Crippen LogP) is 1.60. The molecule has 43 valence electrons. The Hall–Kier alpha value is 0.280. The fourth-order valence-corrected chi connectivity index (χ4v) is 0.428. The molecule has 1 aromatic carbocycles. The number of hydrogen-bond donors (Lipinski definition) is 1. The van der Waals surface area contributed by atoms with Gasteiger partial charge < -0.3 is 5.11 Å². The normalized spacial score (nSPS) is 7.33. The van der Waals surface area contributed by atoms with Gasteiger partial charge in [0.1, 0.15) is 5.75 Å². The molecule has 0 aliphatic carbocycles. The van der Waals surface area contributed by atoms with Crippen molar-refractivity contribution in [3.63, 3.8) is 0 Å². The SMILES string of the molecule is Oc1ccccc1.[CH3][Ca+2]. The summed E-state index contributed by atoms with van der Waals surface area (Å²) in [7, 11) is 0. The second-order valence-corrected chi connectivity index (χ2v) is 1.34. The van der Waals surface area contributed by atoms with Crippen LogP contribution in [-0.4, -0.2) is 40.9 Å². The minimum atomic E-state index is 0.322. The predicted molar refractivity (Wildman–Crippen MR) is 39.7 cm³/mol.